The fraction of sp³-hybridized carbons (Fsp3) is 0.500. The van der Waals surface area contributed by atoms with Gasteiger partial charge in [0.05, 0.1) is 10.8 Å². The molecule has 1 aromatic rings. The molecule has 1 fully saturated rings. The van der Waals surface area contributed by atoms with E-state index in [4.69, 9.17) is 5.14 Å². The molecule has 1 aliphatic rings. The minimum Gasteiger partial charge on any atom is -0.354 e. The van der Waals surface area contributed by atoms with Crippen LogP contribution in [0.1, 0.15) is 25.8 Å². The molecule has 3 N–H and O–H groups in total. The van der Waals surface area contributed by atoms with Gasteiger partial charge in [0.25, 0.3) is 0 Å². The summed E-state index contributed by atoms with van der Waals surface area (Å²) < 4.78 is 22.4. The molecule has 0 spiro atoms. The van der Waals surface area contributed by atoms with Gasteiger partial charge in [0.1, 0.15) is 0 Å². The van der Waals surface area contributed by atoms with Crippen LogP contribution in [0.15, 0.2) is 29.2 Å². The van der Waals surface area contributed by atoms with Gasteiger partial charge in [-0.3, -0.25) is 9.59 Å². The van der Waals surface area contributed by atoms with Crippen LogP contribution in [0.25, 0.3) is 0 Å². The summed E-state index contributed by atoms with van der Waals surface area (Å²) in [5.74, 6) is -0.414. The third-order valence-electron chi connectivity index (χ3n) is 3.94. The Hall–Kier alpha value is -1.93. The fourth-order valence-corrected chi connectivity index (χ4v) is 3.19. The third-order valence-corrected chi connectivity index (χ3v) is 4.87. The van der Waals surface area contributed by atoms with Gasteiger partial charge in [-0.2, -0.15) is 0 Å². The molecule has 1 atom stereocenters. The van der Waals surface area contributed by atoms with Crippen molar-refractivity contribution in [3.05, 3.63) is 29.8 Å². The number of amides is 2. The highest BCUT2D eigenvalue weighted by molar-refractivity contribution is 7.89. The largest absolute Gasteiger partial charge is 0.354 e. The molecule has 1 aromatic carbocycles. The van der Waals surface area contributed by atoms with Crippen LogP contribution in [0.5, 0.6) is 0 Å². The number of nitrogens with zero attached hydrogens (tertiary/aromatic N) is 1. The van der Waals surface area contributed by atoms with E-state index in [1.54, 1.807) is 17.0 Å². The molecule has 132 valence electrons. The van der Waals surface area contributed by atoms with Crippen LogP contribution in [0, 0.1) is 5.92 Å². The standard InChI is InChI=1S/C16H23N3O4S/c1-11(2)18-16(21)13-9-15(20)19(10-13)8-7-12-3-5-14(6-4-12)24(17,22)23/h3-6,11,13H,7-10H2,1-2H3,(H,18,21)(H2,17,22,23). The number of likely N-dealkylation sites (tertiary alicyclic amines) is 1. The highest BCUT2D eigenvalue weighted by Crippen LogP contribution is 2.19. The number of nitrogens with one attached hydrogen (secondary N) is 1. The van der Waals surface area contributed by atoms with Gasteiger partial charge < -0.3 is 10.2 Å². The molecule has 1 aliphatic heterocycles. The van der Waals surface area contributed by atoms with E-state index < -0.39 is 10.0 Å². The van der Waals surface area contributed by atoms with Gasteiger partial charge in [0, 0.05) is 25.6 Å². The molecule has 2 amide bonds. The molecule has 0 bridgehead atoms. The first-order valence-electron chi connectivity index (χ1n) is 7.86. The van der Waals surface area contributed by atoms with Crippen LogP contribution in [0.4, 0.5) is 0 Å². The lowest BCUT2D eigenvalue weighted by Gasteiger charge is -2.17. The first-order valence-corrected chi connectivity index (χ1v) is 9.41. The maximum absolute atomic E-state index is 12.0. The highest BCUT2D eigenvalue weighted by atomic mass is 32.2. The number of nitrogens with two attached hydrogens (primary N) is 1. The Kier molecular flexibility index (Phi) is 5.61. The van der Waals surface area contributed by atoms with E-state index in [1.807, 2.05) is 13.8 Å². The van der Waals surface area contributed by atoms with Crippen LogP contribution in [0.3, 0.4) is 0 Å². The average molecular weight is 353 g/mol. The Morgan fingerprint density at radius 2 is 1.96 bits per heavy atom. The summed E-state index contributed by atoms with van der Waals surface area (Å²) in [7, 11) is -3.69. The number of hydrogen-bond acceptors (Lipinski definition) is 4. The molecule has 1 saturated heterocycles. The molecule has 2 rings (SSSR count). The van der Waals surface area contributed by atoms with Crippen LogP contribution in [0.2, 0.25) is 0 Å². The topological polar surface area (TPSA) is 110 Å². The van der Waals surface area contributed by atoms with Crippen molar-refractivity contribution >= 4 is 21.8 Å². The summed E-state index contributed by atoms with van der Waals surface area (Å²) in [6.07, 6.45) is 0.831. The van der Waals surface area contributed by atoms with Crippen molar-refractivity contribution in [1.82, 2.24) is 10.2 Å². The fourth-order valence-electron chi connectivity index (χ4n) is 2.68. The van der Waals surface area contributed by atoms with Crippen molar-refractivity contribution < 1.29 is 18.0 Å². The lowest BCUT2D eigenvalue weighted by molar-refractivity contribution is -0.129. The molecule has 1 heterocycles. The molecule has 7 nitrogen and oxygen atoms in total. The molecular weight excluding hydrogens is 330 g/mol. The Bertz CT molecular complexity index is 713. The van der Waals surface area contributed by atoms with Gasteiger partial charge in [0.2, 0.25) is 21.8 Å². The Morgan fingerprint density at radius 3 is 2.50 bits per heavy atom. The summed E-state index contributed by atoms with van der Waals surface area (Å²) in [4.78, 5) is 25.8. The number of rotatable bonds is 6. The van der Waals surface area contributed by atoms with E-state index in [0.29, 0.717) is 19.5 Å². The summed E-state index contributed by atoms with van der Waals surface area (Å²) in [6, 6.07) is 6.33. The first kappa shape index (κ1) is 18.4. The molecule has 24 heavy (non-hydrogen) atoms. The van der Waals surface area contributed by atoms with E-state index >= 15 is 0 Å². The van der Waals surface area contributed by atoms with E-state index in [0.717, 1.165) is 5.56 Å². The molecule has 0 radical (unpaired) electrons. The van der Waals surface area contributed by atoms with Gasteiger partial charge >= 0.3 is 0 Å². The Balaban J connectivity index is 1.90. The predicted molar refractivity (Wildman–Crippen MR) is 89.5 cm³/mol. The Labute approximate surface area is 142 Å². The lowest BCUT2D eigenvalue weighted by Crippen LogP contribution is -2.37. The molecular formula is C16H23N3O4S. The van der Waals surface area contributed by atoms with Crippen LogP contribution in [-0.4, -0.2) is 44.3 Å². The third kappa shape index (κ3) is 4.78. The SMILES string of the molecule is CC(C)NC(=O)C1CC(=O)N(CCc2ccc(S(N)(=O)=O)cc2)C1. The number of carbonyl (C=O) groups is 2. The zero-order valence-electron chi connectivity index (χ0n) is 13.9. The maximum Gasteiger partial charge on any atom is 0.238 e. The summed E-state index contributed by atoms with van der Waals surface area (Å²) in [5, 5.41) is 7.89. The number of carbonyl (C=O) groups excluding carboxylic acids is 2. The van der Waals surface area contributed by atoms with Gasteiger partial charge in [0.15, 0.2) is 0 Å². The van der Waals surface area contributed by atoms with Crippen molar-refractivity contribution in [2.24, 2.45) is 11.1 Å². The monoisotopic (exact) mass is 353 g/mol. The smallest absolute Gasteiger partial charge is 0.238 e. The van der Waals surface area contributed by atoms with Crippen molar-refractivity contribution in [2.75, 3.05) is 13.1 Å². The molecule has 8 heteroatoms. The number of hydrogen-bond donors (Lipinski definition) is 2. The second-order valence-corrected chi connectivity index (χ2v) is 7.90. The minimum absolute atomic E-state index is 0.0277. The van der Waals surface area contributed by atoms with Crippen molar-refractivity contribution in [1.29, 1.82) is 0 Å². The average Bonchev–Trinajstić information content (AvgIpc) is 2.85. The number of benzene rings is 1. The zero-order chi connectivity index (χ0) is 17.9. The second kappa shape index (κ2) is 7.31. The van der Waals surface area contributed by atoms with Crippen LogP contribution in [-0.2, 0) is 26.0 Å². The molecule has 0 saturated carbocycles. The molecule has 0 aromatic heterocycles. The van der Waals surface area contributed by atoms with Crippen molar-refractivity contribution in [3.8, 4) is 0 Å². The lowest BCUT2D eigenvalue weighted by atomic mass is 10.1. The van der Waals surface area contributed by atoms with Crippen molar-refractivity contribution in [3.63, 3.8) is 0 Å². The summed E-state index contributed by atoms with van der Waals surface area (Å²) in [6.45, 7) is 4.70. The van der Waals surface area contributed by atoms with Crippen molar-refractivity contribution in [2.45, 2.75) is 37.6 Å². The normalized spacial score (nSPS) is 18.2. The quantitative estimate of drug-likeness (QED) is 0.764. The predicted octanol–water partition coefficient (Wildman–Crippen LogP) is 0.250. The van der Waals surface area contributed by atoms with Crippen LogP contribution >= 0.6 is 0 Å². The first-order chi connectivity index (χ1) is 11.2. The van der Waals surface area contributed by atoms with E-state index in [1.165, 1.54) is 12.1 Å². The van der Waals surface area contributed by atoms with E-state index in [2.05, 4.69) is 5.32 Å². The van der Waals surface area contributed by atoms with E-state index in [-0.39, 0.29) is 35.1 Å². The van der Waals surface area contributed by atoms with Gasteiger partial charge in [-0.15, -0.1) is 0 Å². The summed E-state index contributed by atoms with van der Waals surface area (Å²) >= 11 is 0. The van der Waals surface area contributed by atoms with Gasteiger partial charge in [-0.1, -0.05) is 12.1 Å². The minimum atomic E-state index is -3.69. The second-order valence-electron chi connectivity index (χ2n) is 6.34. The highest BCUT2D eigenvalue weighted by Gasteiger charge is 2.34. The number of sulfonamides is 1. The molecule has 0 aliphatic carbocycles. The van der Waals surface area contributed by atoms with E-state index in [9.17, 15) is 18.0 Å². The molecule has 1 unspecified atom stereocenters. The van der Waals surface area contributed by atoms with Crippen LogP contribution < -0.4 is 10.5 Å². The number of primary sulfonamides is 1. The van der Waals surface area contributed by atoms with Gasteiger partial charge in [-0.25, -0.2) is 13.6 Å². The Morgan fingerprint density at radius 1 is 1.33 bits per heavy atom. The zero-order valence-corrected chi connectivity index (χ0v) is 14.7. The van der Waals surface area contributed by atoms with Gasteiger partial charge in [-0.05, 0) is 38.0 Å². The maximum atomic E-state index is 12.0. The summed E-state index contributed by atoms with van der Waals surface area (Å²) in [5.41, 5.74) is 0.908.